The van der Waals surface area contributed by atoms with Crippen molar-refractivity contribution >= 4 is 29.2 Å². The molecule has 1 atom stereocenters. The minimum atomic E-state index is -0.762. The van der Waals surface area contributed by atoms with Crippen molar-refractivity contribution in [3.8, 4) is 0 Å². The van der Waals surface area contributed by atoms with E-state index in [1.165, 1.54) is 43.1 Å². The van der Waals surface area contributed by atoms with Crippen LogP contribution in [0.15, 0.2) is 45.5 Å². The van der Waals surface area contributed by atoms with Gasteiger partial charge in [0, 0.05) is 17.8 Å². The SMILES string of the molecule is COC(=O)C1=C(C)Nc2nc(SC)[nH]c(=O)c2[C@H]1c1ccc([N+](=O)[O-])cc1. The first kappa shape index (κ1) is 18.6. The standard InChI is InChI=1S/C17H16N4O5S/c1-8-11(16(23)26-2)12(9-4-6-10(7-5-9)21(24)25)13-14(18-8)19-17(27-3)20-15(13)22/h4-7,12H,1-3H3,(H2,18,19,20,22)/t12-/m0/s1. The first-order chi connectivity index (χ1) is 12.9. The van der Waals surface area contributed by atoms with Gasteiger partial charge < -0.3 is 15.0 Å². The number of benzene rings is 1. The second kappa shape index (κ2) is 7.23. The Kier molecular flexibility index (Phi) is 5.00. The molecule has 2 aromatic rings. The van der Waals surface area contributed by atoms with Gasteiger partial charge in [0.15, 0.2) is 5.16 Å². The van der Waals surface area contributed by atoms with Crippen molar-refractivity contribution in [2.75, 3.05) is 18.7 Å². The fraction of sp³-hybridized carbons (Fsp3) is 0.235. The number of methoxy groups -OCH3 is 1. The molecule has 140 valence electrons. The number of esters is 1. The number of nitro benzene ring substituents is 1. The molecule has 0 saturated carbocycles. The topological polar surface area (TPSA) is 127 Å². The number of ether oxygens (including phenoxy) is 1. The molecule has 0 radical (unpaired) electrons. The predicted octanol–water partition coefficient (Wildman–Crippen LogP) is 2.40. The Morgan fingerprint density at radius 1 is 1.33 bits per heavy atom. The van der Waals surface area contributed by atoms with E-state index in [0.717, 1.165) is 0 Å². The number of nitro groups is 1. The molecule has 27 heavy (non-hydrogen) atoms. The lowest BCUT2D eigenvalue weighted by Crippen LogP contribution is -2.30. The molecular weight excluding hydrogens is 372 g/mol. The number of H-pyrrole nitrogens is 1. The Balaban J connectivity index is 2.25. The summed E-state index contributed by atoms with van der Waals surface area (Å²) in [5.41, 5.74) is 1.08. The second-order valence-corrected chi connectivity index (χ2v) is 6.57. The number of aromatic amines is 1. The lowest BCUT2D eigenvalue weighted by molar-refractivity contribution is -0.384. The minimum absolute atomic E-state index is 0.0852. The van der Waals surface area contributed by atoms with Crippen molar-refractivity contribution in [2.45, 2.75) is 18.0 Å². The molecule has 0 saturated heterocycles. The Morgan fingerprint density at radius 3 is 2.56 bits per heavy atom. The summed E-state index contributed by atoms with van der Waals surface area (Å²) in [7, 11) is 1.25. The second-order valence-electron chi connectivity index (χ2n) is 5.77. The molecule has 1 aliphatic rings. The Bertz CT molecular complexity index is 1010. The van der Waals surface area contributed by atoms with Gasteiger partial charge in [0.2, 0.25) is 0 Å². The van der Waals surface area contributed by atoms with E-state index in [4.69, 9.17) is 4.74 Å². The van der Waals surface area contributed by atoms with E-state index >= 15 is 0 Å². The number of hydrogen-bond acceptors (Lipinski definition) is 8. The Labute approximate surface area is 158 Å². The van der Waals surface area contributed by atoms with Gasteiger partial charge in [0.25, 0.3) is 11.2 Å². The number of non-ortho nitro benzene ring substituents is 1. The third-order valence-electron chi connectivity index (χ3n) is 4.26. The van der Waals surface area contributed by atoms with Crippen LogP contribution in [0, 0.1) is 10.1 Å². The van der Waals surface area contributed by atoms with Crippen LogP contribution in [0.5, 0.6) is 0 Å². The van der Waals surface area contributed by atoms with Gasteiger partial charge in [0.05, 0.1) is 29.1 Å². The molecular formula is C17H16N4O5S. The molecule has 9 nitrogen and oxygen atoms in total. The van der Waals surface area contributed by atoms with Gasteiger partial charge in [-0.3, -0.25) is 14.9 Å². The van der Waals surface area contributed by atoms with E-state index in [1.807, 2.05) is 0 Å². The van der Waals surface area contributed by atoms with Crippen LogP contribution >= 0.6 is 11.8 Å². The smallest absolute Gasteiger partial charge is 0.336 e. The first-order valence-electron chi connectivity index (χ1n) is 7.86. The summed E-state index contributed by atoms with van der Waals surface area (Å²) >= 11 is 1.28. The fourth-order valence-corrected chi connectivity index (χ4v) is 3.41. The summed E-state index contributed by atoms with van der Waals surface area (Å²) < 4.78 is 4.89. The van der Waals surface area contributed by atoms with Crippen molar-refractivity contribution in [1.82, 2.24) is 9.97 Å². The molecule has 1 aromatic carbocycles. The zero-order valence-corrected chi connectivity index (χ0v) is 15.5. The van der Waals surface area contributed by atoms with Crippen molar-refractivity contribution in [3.63, 3.8) is 0 Å². The normalized spacial score (nSPS) is 15.7. The molecule has 3 rings (SSSR count). The molecule has 0 bridgehead atoms. The van der Waals surface area contributed by atoms with E-state index in [2.05, 4.69) is 15.3 Å². The average molecular weight is 388 g/mol. The number of anilines is 1. The predicted molar refractivity (Wildman–Crippen MR) is 99.9 cm³/mol. The van der Waals surface area contributed by atoms with E-state index in [1.54, 1.807) is 13.2 Å². The zero-order valence-electron chi connectivity index (χ0n) is 14.7. The third-order valence-corrected chi connectivity index (χ3v) is 4.84. The number of thioether (sulfide) groups is 1. The van der Waals surface area contributed by atoms with Crippen molar-refractivity contribution < 1.29 is 14.5 Å². The maximum Gasteiger partial charge on any atom is 0.336 e. The van der Waals surface area contributed by atoms with Crippen LogP contribution in [0.1, 0.15) is 24.0 Å². The van der Waals surface area contributed by atoms with Gasteiger partial charge in [-0.2, -0.15) is 0 Å². The van der Waals surface area contributed by atoms with Crippen LogP contribution in [-0.2, 0) is 9.53 Å². The van der Waals surface area contributed by atoms with Gasteiger partial charge in [-0.05, 0) is 18.7 Å². The molecule has 0 aliphatic carbocycles. The van der Waals surface area contributed by atoms with Crippen molar-refractivity contribution in [3.05, 3.63) is 67.1 Å². The number of carbonyl (C=O) groups is 1. The van der Waals surface area contributed by atoms with Crippen LogP contribution < -0.4 is 10.9 Å². The summed E-state index contributed by atoms with van der Waals surface area (Å²) in [6.45, 7) is 1.69. The average Bonchev–Trinajstić information content (AvgIpc) is 2.66. The van der Waals surface area contributed by atoms with Crippen molar-refractivity contribution in [1.29, 1.82) is 0 Å². The number of fused-ring (bicyclic) bond motifs is 1. The van der Waals surface area contributed by atoms with Gasteiger partial charge >= 0.3 is 5.97 Å². The number of allylic oxidation sites excluding steroid dienone is 1. The van der Waals surface area contributed by atoms with Crippen LogP contribution in [0.3, 0.4) is 0 Å². The molecule has 0 fully saturated rings. The number of carbonyl (C=O) groups excluding carboxylic acids is 1. The van der Waals surface area contributed by atoms with Gasteiger partial charge in [0.1, 0.15) is 5.82 Å². The highest BCUT2D eigenvalue weighted by atomic mass is 32.2. The van der Waals surface area contributed by atoms with Gasteiger partial charge in [-0.25, -0.2) is 9.78 Å². The molecule has 0 amide bonds. The van der Waals surface area contributed by atoms with Gasteiger partial charge in [-0.1, -0.05) is 23.9 Å². The van der Waals surface area contributed by atoms with Crippen LogP contribution in [-0.4, -0.2) is 34.2 Å². The number of aromatic nitrogens is 2. The Morgan fingerprint density at radius 2 is 2.00 bits per heavy atom. The number of nitrogens with zero attached hydrogens (tertiary/aromatic N) is 2. The van der Waals surface area contributed by atoms with Gasteiger partial charge in [-0.15, -0.1) is 0 Å². The molecule has 10 heteroatoms. The summed E-state index contributed by atoms with van der Waals surface area (Å²) in [6, 6.07) is 5.71. The third kappa shape index (κ3) is 3.31. The Hall–Kier alpha value is -3.14. The summed E-state index contributed by atoms with van der Waals surface area (Å²) in [5, 5.41) is 14.4. The van der Waals surface area contributed by atoms with Crippen LogP contribution in [0.4, 0.5) is 11.5 Å². The largest absolute Gasteiger partial charge is 0.466 e. The van der Waals surface area contributed by atoms with E-state index in [0.29, 0.717) is 22.2 Å². The molecule has 0 spiro atoms. The maximum atomic E-state index is 12.7. The lowest BCUT2D eigenvalue weighted by atomic mass is 9.82. The highest BCUT2D eigenvalue weighted by Crippen LogP contribution is 2.40. The molecule has 2 N–H and O–H groups in total. The number of rotatable bonds is 4. The van der Waals surface area contributed by atoms with E-state index in [-0.39, 0.29) is 16.8 Å². The van der Waals surface area contributed by atoms with E-state index < -0.39 is 22.4 Å². The maximum absolute atomic E-state index is 12.7. The highest BCUT2D eigenvalue weighted by Gasteiger charge is 2.36. The quantitative estimate of drug-likeness (QED) is 0.269. The summed E-state index contributed by atoms with van der Waals surface area (Å²) in [4.78, 5) is 42.6. The summed E-state index contributed by atoms with van der Waals surface area (Å²) in [5.74, 6) is -1.01. The number of hydrogen-bond donors (Lipinski definition) is 2. The zero-order chi connectivity index (χ0) is 19.7. The fourth-order valence-electron chi connectivity index (χ4n) is 3.03. The minimum Gasteiger partial charge on any atom is -0.466 e. The molecule has 0 unspecified atom stereocenters. The molecule has 1 aromatic heterocycles. The lowest BCUT2D eigenvalue weighted by Gasteiger charge is -2.28. The van der Waals surface area contributed by atoms with Crippen LogP contribution in [0.2, 0.25) is 0 Å². The monoisotopic (exact) mass is 388 g/mol. The van der Waals surface area contributed by atoms with Crippen LogP contribution in [0.25, 0.3) is 0 Å². The molecule has 1 aliphatic heterocycles. The number of nitrogens with one attached hydrogen (secondary N) is 2. The van der Waals surface area contributed by atoms with Crippen molar-refractivity contribution in [2.24, 2.45) is 0 Å². The van der Waals surface area contributed by atoms with E-state index in [9.17, 15) is 19.7 Å². The highest BCUT2D eigenvalue weighted by molar-refractivity contribution is 7.98. The summed E-state index contributed by atoms with van der Waals surface area (Å²) in [6.07, 6.45) is 1.78. The first-order valence-corrected chi connectivity index (χ1v) is 9.08. The molecule has 2 heterocycles.